The van der Waals surface area contributed by atoms with Crippen molar-refractivity contribution in [3.63, 3.8) is 0 Å². The summed E-state index contributed by atoms with van der Waals surface area (Å²) in [6, 6.07) is 6.57. The minimum atomic E-state index is -4.13. The van der Waals surface area contributed by atoms with Crippen LogP contribution in [0.1, 0.15) is 26.7 Å². The fourth-order valence-corrected chi connectivity index (χ4v) is 6.60. The normalized spacial score (nSPS) is 21.4. The van der Waals surface area contributed by atoms with Gasteiger partial charge in [0, 0.05) is 32.9 Å². The number of sulfonamides is 1. The number of hydrogen-bond donors (Lipinski definition) is 0. The van der Waals surface area contributed by atoms with Crippen molar-refractivity contribution < 1.29 is 41.3 Å². The summed E-state index contributed by atoms with van der Waals surface area (Å²) < 4.78 is 70.1. The van der Waals surface area contributed by atoms with Gasteiger partial charge in [-0.15, -0.1) is 0 Å². The summed E-state index contributed by atoms with van der Waals surface area (Å²) in [7, 11) is -2.61. The summed E-state index contributed by atoms with van der Waals surface area (Å²) in [6.45, 7) is 4.55. The first-order valence-electron chi connectivity index (χ1n) is 12.9. The van der Waals surface area contributed by atoms with E-state index in [-0.39, 0.29) is 44.0 Å². The van der Waals surface area contributed by atoms with Gasteiger partial charge in [0.15, 0.2) is 11.3 Å². The summed E-state index contributed by atoms with van der Waals surface area (Å²) in [5.74, 6) is 0.281. The molecule has 2 aliphatic rings. The minimum Gasteiger partial charge on any atom is -0.456 e. The zero-order chi connectivity index (χ0) is 28.0. The number of pyridine rings is 1. The van der Waals surface area contributed by atoms with E-state index < -0.39 is 40.3 Å². The van der Waals surface area contributed by atoms with Crippen molar-refractivity contribution in [3.8, 4) is 11.5 Å². The molecule has 13 heteroatoms. The maximum atomic E-state index is 13.9. The molecule has 1 aromatic heterocycles. The molecule has 0 radical (unpaired) electrons. The van der Waals surface area contributed by atoms with Gasteiger partial charge in [0.05, 0.1) is 24.9 Å². The van der Waals surface area contributed by atoms with Crippen molar-refractivity contribution in [2.45, 2.75) is 56.1 Å². The van der Waals surface area contributed by atoms with Gasteiger partial charge in [-0.1, -0.05) is 0 Å². The molecule has 2 aromatic rings. The lowest BCUT2D eigenvalue weighted by Gasteiger charge is -2.47. The van der Waals surface area contributed by atoms with Gasteiger partial charge in [0.2, 0.25) is 0 Å². The molecule has 11 nitrogen and oxygen atoms in total. The largest absolute Gasteiger partial charge is 0.456 e. The molecule has 4 rings (SSSR count). The fourth-order valence-electron chi connectivity index (χ4n) is 5.01. The number of rotatable bonds is 12. The first-order chi connectivity index (χ1) is 18.8. The average Bonchev–Trinajstić information content (AvgIpc) is 3.23. The van der Waals surface area contributed by atoms with Crippen LogP contribution in [0, 0.1) is 5.82 Å². The van der Waals surface area contributed by atoms with Crippen LogP contribution in [0.25, 0.3) is 0 Å². The Bertz CT molecular complexity index is 1190. The van der Waals surface area contributed by atoms with Crippen LogP contribution in [-0.4, -0.2) is 93.2 Å². The number of aromatic nitrogens is 1. The monoisotopic (exact) mass is 567 g/mol. The van der Waals surface area contributed by atoms with E-state index in [9.17, 15) is 17.6 Å². The third-order valence-electron chi connectivity index (χ3n) is 6.66. The van der Waals surface area contributed by atoms with Gasteiger partial charge in [0.25, 0.3) is 10.0 Å². The number of carbonyl (C=O) groups excluding carboxylic acids is 1. The molecule has 0 saturated carbocycles. The van der Waals surface area contributed by atoms with Crippen LogP contribution in [0.2, 0.25) is 0 Å². The third-order valence-corrected chi connectivity index (χ3v) is 8.44. The first kappa shape index (κ1) is 29.2. The molecule has 0 aliphatic carbocycles. The lowest BCUT2D eigenvalue weighted by molar-refractivity contribution is -0.181. The SMILES string of the molecule is CCOC(OCC)[C@@H]1[C@@H]2CC[C@H](CN1S(=O)(=O)c1ccc(Oc3ccc(F)cc3)cn1)N2C(=O)OCCOC. The van der Waals surface area contributed by atoms with Crippen LogP contribution in [0.5, 0.6) is 11.5 Å². The molecular formula is C26H34FN3O8S. The van der Waals surface area contributed by atoms with Crippen molar-refractivity contribution in [3.05, 3.63) is 48.4 Å². The highest BCUT2D eigenvalue weighted by Gasteiger charge is 2.55. The van der Waals surface area contributed by atoms with Crippen molar-refractivity contribution in [2.24, 2.45) is 0 Å². The van der Waals surface area contributed by atoms with Crippen LogP contribution < -0.4 is 4.74 Å². The number of methoxy groups -OCH3 is 1. The Hall–Kier alpha value is -2.84. The summed E-state index contributed by atoms with van der Waals surface area (Å²) in [6.07, 6.45) is 1.04. The van der Waals surface area contributed by atoms with Crippen molar-refractivity contribution >= 4 is 16.1 Å². The number of ether oxygens (including phenoxy) is 5. The van der Waals surface area contributed by atoms with Crippen LogP contribution in [0.4, 0.5) is 9.18 Å². The number of hydrogen-bond acceptors (Lipinski definition) is 9. The summed E-state index contributed by atoms with van der Waals surface area (Å²) >= 11 is 0. The highest BCUT2D eigenvalue weighted by Crippen LogP contribution is 2.39. The number of amides is 1. The number of halogens is 1. The maximum absolute atomic E-state index is 13.9. The number of fused-ring (bicyclic) bond motifs is 2. The topological polar surface area (TPSA) is 117 Å². The lowest BCUT2D eigenvalue weighted by Crippen LogP contribution is -2.66. The zero-order valence-electron chi connectivity index (χ0n) is 22.2. The van der Waals surface area contributed by atoms with Gasteiger partial charge in [-0.05, 0) is 63.1 Å². The minimum absolute atomic E-state index is 0.0367. The van der Waals surface area contributed by atoms with E-state index in [0.29, 0.717) is 24.3 Å². The van der Waals surface area contributed by atoms with Crippen LogP contribution >= 0.6 is 0 Å². The van der Waals surface area contributed by atoms with E-state index in [0.717, 1.165) is 0 Å². The van der Waals surface area contributed by atoms with Gasteiger partial charge in [-0.25, -0.2) is 22.6 Å². The third kappa shape index (κ3) is 6.49. The van der Waals surface area contributed by atoms with E-state index in [1.165, 1.54) is 54.0 Å². The first-order valence-corrected chi connectivity index (χ1v) is 14.3. The molecule has 2 aliphatic heterocycles. The molecule has 2 fully saturated rings. The van der Waals surface area contributed by atoms with Crippen molar-refractivity contribution in [2.75, 3.05) is 40.1 Å². The predicted octanol–water partition coefficient (Wildman–Crippen LogP) is 3.40. The Kier molecular flexibility index (Phi) is 9.72. The van der Waals surface area contributed by atoms with E-state index in [4.69, 9.17) is 23.7 Å². The molecule has 39 heavy (non-hydrogen) atoms. The molecule has 0 N–H and O–H groups in total. The van der Waals surface area contributed by atoms with Crippen molar-refractivity contribution in [1.29, 1.82) is 0 Å². The standard InChI is InChI=1S/C26H34FN3O8S/c1-4-35-25(36-5-2)24-22-12-8-19(30(22)26(31)37-15-14-34-3)17-29(24)39(32,33)23-13-11-21(16-28-23)38-20-9-6-18(27)7-10-20/h6-7,9-11,13,16,19,22,24-25H,4-5,8,12,14-15,17H2,1-3H3/t19-,22+,24+/m1/s1. The maximum Gasteiger partial charge on any atom is 0.410 e. The molecule has 1 aromatic carbocycles. The van der Waals surface area contributed by atoms with Gasteiger partial charge >= 0.3 is 6.09 Å². The van der Waals surface area contributed by atoms with Crippen LogP contribution in [0.15, 0.2) is 47.6 Å². The van der Waals surface area contributed by atoms with Crippen molar-refractivity contribution in [1.82, 2.24) is 14.2 Å². The van der Waals surface area contributed by atoms with Gasteiger partial charge in [-0.2, -0.15) is 4.31 Å². The van der Waals surface area contributed by atoms with E-state index in [1.54, 1.807) is 18.7 Å². The molecule has 214 valence electrons. The molecule has 2 saturated heterocycles. The fraction of sp³-hybridized carbons (Fsp3) is 0.538. The van der Waals surface area contributed by atoms with Crippen LogP contribution in [-0.2, 0) is 29.0 Å². The molecule has 1 amide bonds. The number of carbonyl (C=O) groups is 1. The Morgan fingerprint density at radius 1 is 1.05 bits per heavy atom. The number of piperazine rings is 1. The molecule has 3 heterocycles. The molecular weight excluding hydrogens is 533 g/mol. The van der Waals surface area contributed by atoms with E-state index in [1.807, 2.05) is 0 Å². The Labute approximate surface area is 227 Å². The molecule has 0 spiro atoms. The number of benzene rings is 1. The Morgan fingerprint density at radius 2 is 1.74 bits per heavy atom. The smallest absolute Gasteiger partial charge is 0.410 e. The summed E-state index contributed by atoms with van der Waals surface area (Å²) in [5.41, 5.74) is 0. The lowest BCUT2D eigenvalue weighted by atomic mass is 10.0. The quantitative estimate of drug-likeness (QED) is 0.281. The van der Waals surface area contributed by atoms with Gasteiger partial charge < -0.3 is 23.7 Å². The number of nitrogens with zero attached hydrogens (tertiary/aromatic N) is 3. The van der Waals surface area contributed by atoms with Gasteiger partial charge in [-0.3, -0.25) is 4.90 Å². The highest BCUT2D eigenvalue weighted by molar-refractivity contribution is 7.89. The highest BCUT2D eigenvalue weighted by atomic mass is 32.2. The molecule has 2 bridgehead atoms. The summed E-state index contributed by atoms with van der Waals surface area (Å²) in [4.78, 5) is 18.8. The van der Waals surface area contributed by atoms with E-state index >= 15 is 0 Å². The molecule has 0 unspecified atom stereocenters. The Balaban J connectivity index is 1.61. The molecule has 3 atom stereocenters. The zero-order valence-corrected chi connectivity index (χ0v) is 23.0. The second-order valence-corrected chi connectivity index (χ2v) is 10.9. The second-order valence-electron chi connectivity index (χ2n) is 9.05. The summed E-state index contributed by atoms with van der Waals surface area (Å²) in [5, 5.41) is -0.179. The average molecular weight is 568 g/mol. The van der Waals surface area contributed by atoms with E-state index in [2.05, 4.69) is 4.98 Å². The predicted molar refractivity (Wildman–Crippen MR) is 137 cm³/mol. The Morgan fingerprint density at radius 3 is 2.36 bits per heavy atom. The van der Waals surface area contributed by atoms with Gasteiger partial charge in [0.1, 0.15) is 23.9 Å². The van der Waals surface area contributed by atoms with Crippen LogP contribution in [0.3, 0.4) is 0 Å². The second kappa shape index (κ2) is 13.0.